The minimum Gasteiger partial charge on any atom is -0.472 e. The summed E-state index contributed by atoms with van der Waals surface area (Å²) in [5, 5.41) is 8.53. The zero-order chi connectivity index (χ0) is 14.6. The van der Waals surface area contributed by atoms with Crippen molar-refractivity contribution in [3.8, 4) is 5.88 Å². The van der Waals surface area contributed by atoms with Crippen molar-refractivity contribution < 1.29 is 32.2 Å². The van der Waals surface area contributed by atoms with Crippen LogP contribution in [0.15, 0.2) is 12.3 Å². The molecule has 0 amide bonds. The molecule has 0 bridgehead atoms. The number of aromatic nitrogens is 1. The number of nitrogens with zero attached hydrogens (tertiary/aromatic N) is 1. The quantitative estimate of drug-likeness (QED) is 0.504. The normalized spacial score (nSPS) is 13.2. The Balaban J connectivity index is 2.83. The second-order valence-corrected chi connectivity index (χ2v) is 3.96. The molecule has 0 aliphatic carbocycles. The van der Waals surface area contributed by atoms with Crippen molar-refractivity contribution >= 4 is 21.7 Å². The summed E-state index contributed by atoms with van der Waals surface area (Å²) in [5.74, 6) is -2.54. The summed E-state index contributed by atoms with van der Waals surface area (Å²) in [6.07, 6.45) is -6.61. The highest BCUT2D eigenvalue weighted by molar-refractivity contribution is 9.09. The standard InChI is InChI=1S/C10H8BrF4NO3/c11-3-6(17)5-1-2-16-9(8(5)12)19-4-7(18)10(13,14)15/h1-2,7,18H,3-4H2. The van der Waals surface area contributed by atoms with Gasteiger partial charge < -0.3 is 9.84 Å². The molecular weight excluding hydrogens is 338 g/mol. The number of halogens is 5. The van der Waals surface area contributed by atoms with E-state index in [4.69, 9.17) is 5.11 Å². The monoisotopic (exact) mass is 345 g/mol. The van der Waals surface area contributed by atoms with Crippen molar-refractivity contribution in [1.29, 1.82) is 0 Å². The Morgan fingerprint density at radius 1 is 1.53 bits per heavy atom. The Hall–Kier alpha value is -1.22. The first-order valence-corrected chi connectivity index (χ1v) is 6.00. The van der Waals surface area contributed by atoms with Crippen molar-refractivity contribution in [2.45, 2.75) is 12.3 Å². The predicted octanol–water partition coefficient (Wildman–Crippen LogP) is 2.10. The maximum Gasteiger partial charge on any atom is 0.417 e. The molecule has 1 aromatic rings. The lowest BCUT2D eigenvalue weighted by Crippen LogP contribution is -2.34. The molecule has 1 unspecified atom stereocenters. The third-order valence-electron chi connectivity index (χ3n) is 2.03. The van der Waals surface area contributed by atoms with Gasteiger partial charge in [-0.25, -0.2) is 9.37 Å². The predicted molar refractivity (Wildman–Crippen MR) is 59.9 cm³/mol. The Kier molecular flexibility index (Phi) is 5.24. The molecule has 1 atom stereocenters. The number of rotatable bonds is 5. The number of aliphatic hydroxyl groups excluding tert-OH is 1. The van der Waals surface area contributed by atoms with Crippen molar-refractivity contribution in [3.63, 3.8) is 0 Å². The largest absolute Gasteiger partial charge is 0.472 e. The number of aliphatic hydroxyl groups is 1. The molecular formula is C10H8BrF4NO3. The van der Waals surface area contributed by atoms with E-state index in [1.54, 1.807) is 0 Å². The van der Waals surface area contributed by atoms with Crippen LogP contribution in [0.1, 0.15) is 10.4 Å². The second-order valence-electron chi connectivity index (χ2n) is 3.40. The number of hydrogen-bond donors (Lipinski definition) is 1. The molecule has 19 heavy (non-hydrogen) atoms. The second kappa shape index (κ2) is 6.29. The van der Waals surface area contributed by atoms with E-state index in [-0.39, 0.29) is 10.9 Å². The Morgan fingerprint density at radius 3 is 2.68 bits per heavy atom. The lowest BCUT2D eigenvalue weighted by Gasteiger charge is -2.15. The van der Waals surface area contributed by atoms with Crippen LogP contribution in [0.2, 0.25) is 0 Å². The van der Waals surface area contributed by atoms with Crippen LogP contribution in [-0.2, 0) is 0 Å². The van der Waals surface area contributed by atoms with E-state index in [9.17, 15) is 22.4 Å². The van der Waals surface area contributed by atoms with Crippen LogP contribution in [0, 0.1) is 5.82 Å². The zero-order valence-corrected chi connectivity index (χ0v) is 10.8. The molecule has 9 heteroatoms. The number of Topliss-reactive ketones (excluding diaryl/α,β-unsaturated/α-hetero) is 1. The van der Waals surface area contributed by atoms with Crippen LogP contribution in [-0.4, -0.2) is 40.1 Å². The highest BCUT2D eigenvalue weighted by atomic mass is 79.9. The molecule has 0 radical (unpaired) electrons. The minimum atomic E-state index is -4.88. The Labute approximate surface area is 113 Å². The molecule has 1 rings (SSSR count). The smallest absolute Gasteiger partial charge is 0.417 e. The lowest BCUT2D eigenvalue weighted by molar-refractivity contribution is -0.211. The molecule has 0 fully saturated rings. The number of ether oxygens (including phenoxy) is 1. The highest BCUT2D eigenvalue weighted by Crippen LogP contribution is 2.22. The van der Waals surface area contributed by atoms with Crippen molar-refractivity contribution in [1.82, 2.24) is 4.98 Å². The van der Waals surface area contributed by atoms with Gasteiger partial charge in [-0.2, -0.15) is 13.2 Å². The van der Waals surface area contributed by atoms with E-state index < -0.39 is 36.4 Å². The Bertz CT molecular complexity index is 467. The average molecular weight is 346 g/mol. The van der Waals surface area contributed by atoms with Gasteiger partial charge in [0.25, 0.3) is 5.88 Å². The van der Waals surface area contributed by atoms with Gasteiger partial charge >= 0.3 is 6.18 Å². The molecule has 0 saturated carbocycles. The number of pyridine rings is 1. The fourth-order valence-corrected chi connectivity index (χ4v) is 1.37. The maximum atomic E-state index is 13.7. The van der Waals surface area contributed by atoms with Gasteiger partial charge in [0, 0.05) is 6.20 Å². The highest BCUT2D eigenvalue weighted by Gasteiger charge is 2.39. The fourth-order valence-electron chi connectivity index (χ4n) is 1.06. The van der Waals surface area contributed by atoms with Crippen LogP contribution in [0.4, 0.5) is 17.6 Å². The van der Waals surface area contributed by atoms with Gasteiger partial charge in [0.05, 0.1) is 10.9 Å². The van der Waals surface area contributed by atoms with E-state index in [0.717, 1.165) is 12.3 Å². The first kappa shape index (κ1) is 15.8. The molecule has 106 valence electrons. The van der Waals surface area contributed by atoms with Gasteiger partial charge in [-0.15, -0.1) is 0 Å². The van der Waals surface area contributed by atoms with Gasteiger partial charge in [-0.05, 0) is 6.07 Å². The summed E-state index contributed by atoms with van der Waals surface area (Å²) < 4.78 is 54.1. The Morgan fingerprint density at radius 2 is 2.16 bits per heavy atom. The molecule has 0 spiro atoms. The van der Waals surface area contributed by atoms with E-state index in [1.807, 2.05) is 0 Å². The SMILES string of the molecule is O=C(CBr)c1ccnc(OCC(O)C(F)(F)F)c1F. The van der Waals surface area contributed by atoms with Crippen LogP contribution in [0.25, 0.3) is 0 Å². The van der Waals surface area contributed by atoms with Gasteiger partial charge in [-0.3, -0.25) is 4.79 Å². The number of carbonyl (C=O) groups excluding carboxylic acids is 1. The molecule has 1 aromatic heterocycles. The zero-order valence-electron chi connectivity index (χ0n) is 9.25. The van der Waals surface area contributed by atoms with E-state index in [0.29, 0.717) is 0 Å². The van der Waals surface area contributed by atoms with Gasteiger partial charge in [-0.1, -0.05) is 15.9 Å². The first-order valence-electron chi connectivity index (χ1n) is 4.88. The van der Waals surface area contributed by atoms with Crippen LogP contribution >= 0.6 is 15.9 Å². The molecule has 0 aromatic carbocycles. The van der Waals surface area contributed by atoms with Crippen molar-refractivity contribution in [3.05, 3.63) is 23.6 Å². The van der Waals surface area contributed by atoms with Gasteiger partial charge in [0.1, 0.15) is 6.61 Å². The maximum absolute atomic E-state index is 13.7. The van der Waals surface area contributed by atoms with Gasteiger partial charge in [0.2, 0.25) is 0 Å². The molecule has 0 aliphatic heterocycles. The van der Waals surface area contributed by atoms with Crippen LogP contribution < -0.4 is 4.74 Å². The summed E-state index contributed by atoms with van der Waals surface area (Å²) in [6, 6.07) is 1.08. The number of ketones is 1. The van der Waals surface area contributed by atoms with Crippen molar-refractivity contribution in [2.75, 3.05) is 11.9 Å². The fraction of sp³-hybridized carbons (Fsp3) is 0.400. The third-order valence-corrected chi connectivity index (χ3v) is 2.54. The summed E-state index contributed by atoms with van der Waals surface area (Å²) in [5.41, 5.74) is -0.358. The van der Waals surface area contributed by atoms with E-state index in [1.165, 1.54) is 0 Å². The summed E-state index contributed by atoms with van der Waals surface area (Å²) in [7, 11) is 0. The molecule has 4 nitrogen and oxygen atoms in total. The molecule has 1 N–H and O–H groups in total. The minimum absolute atomic E-state index is 0.154. The molecule has 1 heterocycles. The number of carbonyl (C=O) groups is 1. The molecule has 0 aliphatic rings. The summed E-state index contributed by atoms with van der Waals surface area (Å²) in [6.45, 7) is -1.21. The van der Waals surface area contributed by atoms with Gasteiger partial charge in [0.15, 0.2) is 17.7 Å². The van der Waals surface area contributed by atoms with E-state index in [2.05, 4.69) is 25.7 Å². The lowest BCUT2D eigenvalue weighted by atomic mass is 10.2. The van der Waals surface area contributed by atoms with E-state index >= 15 is 0 Å². The summed E-state index contributed by atoms with van der Waals surface area (Å²) in [4.78, 5) is 14.7. The average Bonchev–Trinajstić information content (AvgIpc) is 2.35. The molecule has 0 saturated heterocycles. The van der Waals surface area contributed by atoms with Crippen molar-refractivity contribution in [2.24, 2.45) is 0 Å². The summed E-state index contributed by atoms with van der Waals surface area (Å²) >= 11 is 2.83. The van der Waals surface area contributed by atoms with Crippen LogP contribution in [0.5, 0.6) is 5.88 Å². The van der Waals surface area contributed by atoms with Crippen LogP contribution in [0.3, 0.4) is 0 Å². The third kappa shape index (κ3) is 4.13. The first-order chi connectivity index (χ1) is 8.77. The number of alkyl halides is 4. The number of hydrogen-bond acceptors (Lipinski definition) is 4. The topological polar surface area (TPSA) is 59.4 Å².